The molecule has 0 rings (SSSR count). The van der Waals surface area contributed by atoms with Crippen LogP contribution >= 0.6 is 0 Å². The summed E-state index contributed by atoms with van der Waals surface area (Å²) in [5.41, 5.74) is 0. The van der Waals surface area contributed by atoms with Crippen LogP contribution in [0.25, 0.3) is 0 Å². The monoisotopic (exact) mass is 158 g/mol. The highest BCUT2D eigenvalue weighted by molar-refractivity contribution is 4.86. The van der Waals surface area contributed by atoms with Crippen molar-refractivity contribution in [1.82, 2.24) is 9.80 Å². The molecule has 3 nitrogen and oxygen atoms in total. The van der Waals surface area contributed by atoms with Crippen molar-refractivity contribution in [1.29, 1.82) is 0 Å². The van der Waals surface area contributed by atoms with E-state index in [2.05, 4.69) is 0 Å². The molecule has 66 valence electrons. The van der Waals surface area contributed by atoms with Crippen LogP contribution in [0.5, 0.6) is 0 Å². The normalized spacial score (nSPS) is 14.4. The summed E-state index contributed by atoms with van der Waals surface area (Å²) in [5, 5.41) is 0. The van der Waals surface area contributed by atoms with Crippen molar-refractivity contribution >= 4 is 0 Å². The summed E-state index contributed by atoms with van der Waals surface area (Å²) in [5.74, 6) is 0. The Bertz CT molecular complexity index is 121. The maximum absolute atomic E-state index is 5.17. The molecule has 1 unspecified atom stereocenters. The number of methoxy groups -OCH3 is 1. The van der Waals surface area contributed by atoms with E-state index in [-0.39, 0.29) is 6.23 Å². The number of nitrogens with zero attached hydrogens (tertiary/aromatic N) is 2. The van der Waals surface area contributed by atoms with Crippen molar-refractivity contribution in [2.75, 3.05) is 35.3 Å². The summed E-state index contributed by atoms with van der Waals surface area (Å²) in [7, 11) is 9.63. The molecule has 0 aliphatic carbocycles. The van der Waals surface area contributed by atoms with Gasteiger partial charge in [0, 0.05) is 21.2 Å². The van der Waals surface area contributed by atoms with Crippen molar-refractivity contribution in [3.05, 3.63) is 12.3 Å². The molecule has 0 N–H and O–H groups in total. The zero-order valence-corrected chi connectivity index (χ0v) is 8.03. The molecule has 0 fully saturated rings. The van der Waals surface area contributed by atoms with Crippen molar-refractivity contribution in [2.24, 2.45) is 0 Å². The van der Waals surface area contributed by atoms with Gasteiger partial charge in [0.25, 0.3) is 0 Å². The lowest BCUT2D eigenvalue weighted by Gasteiger charge is -2.19. The molecule has 0 aromatic heterocycles. The maximum Gasteiger partial charge on any atom is 0.130 e. The number of hydrogen-bond donors (Lipinski definition) is 0. The van der Waals surface area contributed by atoms with Gasteiger partial charge in [0.2, 0.25) is 0 Å². The minimum absolute atomic E-state index is 0.0670. The Labute approximate surface area is 69.2 Å². The second kappa shape index (κ2) is 5.16. The van der Waals surface area contributed by atoms with Gasteiger partial charge in [-0.2, -0.15) is 0 Å². The van der Waals surface area contributed by atoms with Crippen LogP contribution in [0.3, 0.4) is 0 Å². The van der Waals surface area contributed by atoms with Gasteiger partial charge in [0.05, 0.1) is 0 Å². The molecular formula is C8H18N2O. The first-order chi connectivity index (χ1) is 5.07. The van der Waals surface area contributed by atoms with Gasteiger partial charge in [-0.15, -0.1) is 0 Å². The van der Waals surface area contributed by atoms with Crippen LogP contribution in [0.2, 0.25) is 0 Å². The summed E-state index contributed by atoms with van der Waals surface area (Å²) in [6, 6.07) is 0. The van der Waals surface area contributed by atoms with E-state index in [0.717, 1.165) is 0 Å². The Morgan fingerprint density at radius 1 is 1.18 bits per heavy atom. The van der Waals surface area contributed by atoms with E-state index in [1.807, 2.05) is 50.3 Å². The molecule has 0 amide bonds. The van der Waals surface area contributed by atoms with Gasteiger partial charge in [-0.05, 0) is 26.4 Å². The maximum atomic E-state index is 5.17. The number of ether oxygens (including phenoxy) is 1. The van der Waals surface area contributed by atoms with Crippen LogP contribution < -0.4 is 0 Å². The average molecular weight is 158 g/mol. The third kappa shape index (κ3) is 4.81. The molecule has 0 bridgehead atoms. The predicted octanol–water partition coefficient (Wildman–Crippen LogP) is 0.596. The van der Waals surface area contributed by atoms with Crippen LogP contribution in [0.1, 0.15) is 0 Å². The molecule has 1 atom stereocenters. The Hall–Kier alpha value is -0.540. The average Bonchev–Trinajstić information content (AvgIpc) is 1.87. The fourth-order valence-corrected chi connectivity index (χ4v) is 0.707. The summed E-state index contributed by atoms with van der Waals surface area (Å²) in [4.78, 5) is 3.98. The Balaban J connectivity index is 3.87. The predicted molar refractivity (Wildman–Crippen MR) is 47.3 cm³/mol. The van der Waals surface area contributed by atoms with E-state index in [0.29, 0.717) is 0 Å². The zero-order valence-electron chi connectivity index (χ0n) is 8.03. The molecule has 0 aromatic rings. The lowest BCUT2D eigenvalue weighted by molar-refractivity contribution is 0.0335. The van der Waals surface area contributed by atoms with E-state index in [1.54, 1.807) is 7.11 Å². The summed E-state index contributed by atoms with van der Waals surface area (Å²) >= 11 is 0. The first kappa shape index (κ1) is 10.5. The summed E-state index contributed by atoms with van der Waals surface area (Å²) in [6.45, 7) is 0. The number of rotatable bonds is 4. The van der Waals surface area contributed by atoms with E-state index >= 15 is 0 Å². The molecule has 0 aliphatic heterocycles. The van der Waals surface area contributed by atoms with Gasteiger partial charge in [0.1, 0.15) is 6.23 Å². The molecule has 0 spiro atoms. The van der Waals surface area contributed by atoms with Gasteiger partial charge in [-0.3, -0.25) is 4.90 Å². The summed E-state index contributed by atoms with van der Waals surface area (Å²) in [6.07, 6.45) is 4.05. The molecule has 0 saturated carbocycles. The molecule has 0 aromatic carbocycles. The van der Waals surface area contributed by atoms with Gasteiger partial charge >= 0.3 is 0 Å². The topological polar surface area (TPSA) is 15.7 Å². The highest BCUT2D eigenvalue weighted by atomic mass is 16.5. The van der Waals surface area contributed by atoms with Crippen LogP contribution in [0.15, 0.2) is 12.3 Å². The molecule has 3 heteroatoms. The Morgan fingerprint density at radius 2 is 1.73 bits per heavy atom. The molecule has 0 aliphatic rings. The zero-order chi connectivity index (χ0) is 8.85. The van der Waals surface area contributed by atoms with Gasteiger partial charge in [-0.25, -0.2) is 0 Å². The van der Waals surface area contributed by atoms with Crippen molar-refractivity contribution < 1.29 is 4.74 Å². The minimum atomic E-state index is 0.0670. The van der Waals surface area contributed by atoms with Crippen LogP contribution in [-0.2, 0) is 4.74 Å². The molecule has 11 heavy (non-hydrogen) atoms. The van der Waals surface area contributed by atoms with Crippen LogP contribution in [-0.4, -0.2) is 51.3 Å². The van der Waals surface area contributed by atoms with Crippen LogP contribution in [0, 0.1) is 0 Å². The van der Waals surface area contributed by atoms with Crippen molar-refractivity contribution in [2.45, 2.75) is 6.23 Å². The fraction of sp³-hybridized carbons (Fsp3) is 0.750. The standard InChI is InChI=1S/C8H18N2O/c1-9(2)7-6-8(11-5)10(3)4/h6-8H,1-5H3/b7-6+. The third-order valence-electron chi connectivity index (χ3n) is 1.30. The number of hydrogen-bond acceptors (Lipinski definition) is 3. The SMILES string of the molecule is COC(/C=C/N(C)C)N(C)C. The van der Waals surface area contributed by atoms with Gasteiger partial charge < -0.3 is 9.64 Å². The molecule has 0 radical (unpaired) electrons. The van der Waals surface area contributed by atoms with Gasteiger partial charge in [0.15, 0.2) is 0 Å². The van der Waals surface area contributed by atoms with Crippen LogP contribution in [0.4, 0.5) is 0 Å². The minimum Gasteiger partial charge on any atom is -0.384 e. The molecular weight excluding hydrogens is 140 g/mol. The summed E-state index contributed by atoms with van der Waals surface area (Å²) < 4.78 is 5.17. The molecule has 0 saturated heterocycles. The first-order valence-electron chi connectivity index (χ1n) is 3.62. The van der Waals surface area contributed by atoms with E-state index in [1.165, 1.54) is 0 Å². The lowest BCUT2D eigenvalue weighted by Crippen LogP contribution is -2.27. The smallest absolute Gasteiger partial charge is 0.130 e. The highest BCUT2D eigenvalue weighted by Crippen LogP contribution is 1.95. The Morgan fingerprint density at radius 3 is 2.00 bits per heavy atom. The third-order valence-corrected chi connectivity index (χ3v) is 1.30. The highest BCUT2D eigenvalue weighted by Gasteiger charge is 2.03. The van der Waals surface area contributed by atoms with Gasteiger partial charge in [-0.1, -0.05) is 0 Å². The second-order valence-electron chi connectivity index (χ2n) is 2.90. The van der Waals surface area contributed by atoms with Crippen molar-refractivity contribution in [3.63, 3.8) is 0 Å². The quantitative estimate of drug-likeness (QED) is 0.557. The van der Waals surface area contributed by atoms with E-state index in [9.17, 15) is 0 Å². The van der Waals surface area contributed by atoms with E-state index in [4.69, 9.17) is 4.74 Å². The molecule has 0 heterocycles. The fourth-order valence-electron chi connectivity index (χ4n) is 0.707. The van der Waals surface area contributed by atoms with Crippen molar-refractivity contribution in [3.8, 4) is 0 Å². The second-order valence-corrected chi connectivity index (χ2v) is 2.90. The van der Waals surface area contributed by atoms with E-state index < -0.39 is 0 Å². The first-order valence-corrected chi connectivity index (χ1v) is 3.62. The lowest BCUT2D eigenvalue weighted by atomic mass is 10.5. The Kier molecular flexibility index (Phi) is 4.90. The largest absolute Gasteiger partial charge is 0.384 e. The number of likely N-dealkylation sites (N-methyl/N-ethyl adjacent to an activating group) is 1.